The summed E-state index contributed by atoms with van der Waals surface area (Å²) in [5.74, 6) is -1.73. The third kappa shape index (κ3) is 5.95. The molecule has 4 aromatic rings. The van der Waals surface area contributed by atoms with Crippen molar-refractivity contribution >= 4 is 62.9 Å². The van der Waals surface area contributed by atoms with Gasteiger partial charge in [-0.15, -0.1) is 5.10 Å². The lowest BCUT2D eigenvalue weighted by molar-refractivity contribution is -0.113. The minimum atomic E-state index is -0.540. The van der Waals surface area contributed by atoms with Gasteiger partial charge in [-0.25, -0.2) is 14.8 Å². The number of hydrogen-bond donors (Lipinski definition) is 2. The molecule has 0 saturated carbocycles. The maximum Gasteiger partial charge on any atom is 0.283 e. The van der Waals surface area contributed by atoms with Crippen molar-refractivity contribution < 1.29 is 18.8 Å². The summed E-state index contributed by atoms with van der Waals surface area (Å²) >= 11 is 2.13. The zero-order valence-corrected chi connectivity index (χ0v) is 22.1. The summed E-state index contributed by atoms with van der Waals surface area (Å²) in [4.78, 5) is 45.1. The summed E-state index contributed by atoms with van der Waals surface area (Å²) in [6.45, 7) is 1.64. The number of nitrogens with zero attached hydrogens (tertiary/aromatic N) is 3. The van der Waals surface area contributed by atoms with Gasteiger partial charge in [0, 0.05) is 5.56 Å². The summed E-state index contributed by atoms with van der Waals surface area (Å²) in [7, 11) is 0. The molecule has 0 aliphatic carbocycles. The first-order chi connectivity index (χ1) is 18.9. The number of thioether (sulfide) groups is 1. The number of carbonyl (C=O) groups is 3. The summed E-state index contributed by atoms with van der Waals surface area (Å²) in [6.07, 6.45) is 1.77. The third-order valence-corrected chi connectivity index (χ3v) is 7.54. The summed E-state index contributed by atoms with van der Waals surface area (Å²) in [5.41, 5.74) is 4.64. The van der Waals surface area contributed by atoms with Crippen LogP contribution < -0.4 is 15.6 Å². The van der Waals surface area contributed by atoms with Crippen LogP contribution in [-0.4, -0.2) is 27.9 Å². The highest BCUT2D eigenvalue weighted by Gasteiger charge is 2.35. The number of anilines is 2. The van der Waals surface area contributed by atoms with Crippen molar-refractivity contribution in [3.05, 3.63) is 117 Å². The molecule has 0 atom stereocenters. The number of para-hydroxylation sites is 1. The van der Waals surface area contributed by atoms with Gasteiger partial charge in [-0.05, 0) is 66.7 Å². The standard InChI is InChI=1S/C28H20FN5O3S2/c1-17-23(39-27(30-17)31-24(35)19-12-14-20(29)15-13-19)25(36)32-33-28-34(21-10-6-3-7-11-21)26(37)22(38-28)16-18-8-4-2-5-9-18/h2-16H,1H3,(H,32,36)(H,30,31,35)/b22-16+,33-28+. The fourth-order valence-electron chi connectivity index (χ4n) is 3.63. The first kappa shape index (κ1) is 26.0. The molecule has 0 spiro atoms. The first-order valence-corrected chi connectivity index (χ1v) is 13.3. The van der Waals surface area contributed by atoms with Crippen molar-refractivity contribution in [2.24, 2.45) is 5.10 Å². The molecule has 1 saturated heterocycles. The van der Waals surface area contributed by atoms with E-state index in [0.29, 0.717) is 16.3 Å². The molecule has 3 amide bonds. The average molecular weight is 558 g/mol. The Morgan fingerprint density at radius 2 is 1.62 bits per heavy atom. The van der Waals surface area contributed by atoms with Crippen molar-refractivity contribution in [2.45, 2.75) is 6.92 Å². The van der Waals surface area contributed by atoms with Gasteiger partial charge in [-0.1, -0.05) is 59.9 Å². The maximum absolute atomic E-state index is 13.3. The quantitative estimate of drug-likeness (QED) is 0.235. The molecule has 11 heteroatoms. The van der Waals surface area contributed by atoms with Gasteiger partial charge >= 0.3 is 0 Å². The Bertz CT molecular complexity index is 1600. The van der Waals surface area contributed by atoms with Gasteiger partial charge in [-0.2, -0.15) is 0 Å². The predicted octanol–water partition coefficient (Wildman–Crippen LogP) is 5.66. The van der Waals surface area contributed by atoms with Crippen molar-refractivity contribution in [2.75, 3.05) is 10.2 Å². The van der Waals surface area contributed by atoms with E-state index < -0.39 is 17.6 Å². The van der Waals surface area contributed by atoms with Crippen LogP contribution >= 0.6 is 23.1 Å². The molecule has 0 bridgehead atoms. The van der Waals surface area contributed by atoms with Gasteiger partial charge in [0.2, 0.25) is 0 Å². The molecule has 0 unspecified atom stereocenters. The molecule has 39 heavy (non-hydrogen) atoms. The molecule has 194 valence electrons. The van der Waals surface area contributed by atoms with Crippen LogP contribution in [-0.2, 0) is 4.79 Å². The molecule has 2 heterocycles. The second-order valence-electron chi connectivity index (χ2n) is 8.23. The Morgan fingerprint density at radius 3 is 2.31 bits per heavy atom. The minimum absolute atomic E-state index is 0.212. The number of hydrazone groups is 1. The predicted molar refractivity (Wildman–Crippen MR) is 152 cm³/mol. The highest BCUT2D eigenvalue weighted by Crippen LogP contribution is 2.35. The second kappa shape index (κ2) is 11.4. The molecule has 2 N–H and O–H groups in total. The highest BCUT2D eigenvalue weighted by molar-refractivity contribution is 8.19. The number of nitrogens with one attached hydrogen (secondary N) is 2. The zero-order chi connectivity index (χ0) is 27.4. The third-order valence-electron chi connectivity index (χ3n) is 5.50. The molecular weight excluding hydrogens is 537 g/mol. The maximum atomic E-state index is 13.3. The monoisotopic (exact) mass is 557 g/mol. The number of thiazole rings is 1. The Labute approximate surface area is 231 Å². The van der Waals surface area contributed by atoms with E-state index >= 15 is 0 Å². The van der Waals surface area contributed by atoms with Crippen LogP contribution in [0.4, 0.5) is 15.2 Å². The van der Waals surface area contributed by atoms with Crippen molar-refractivity contribution in [1.29, 1.82) is 0 Å². The topological polar surface area (TPSA) is 104 Å². The molecule has 0 radical (unpaired) electrons. The number of amides is 3. The van der Waals surface area contributed by atoms with E-state index in [4.69, 9.17) is 0 Å². The van der Waals surface area contributed by atoms with Crippen molar-refractivity contribution in [3.8, 4) is 0 Å². The summed E-state index contributed by atoms with van der Waals surface area (Å²) < 4.78 is 13.1. The Morgan fingerprint density at radius 1 is 0.949 bits per heavy atom. The minimum Gasteiger partial charge on any atom is -0.298 e. The lowest BCUT2D eigenvalue weighted by Crippen LogP contribution is -2.31. The largest absolute Gasteiger partial charge is 0.298 e. The number of carbonyl (C=O) groups excluding carboxylic acids is 3. The molecule has 8 nitrogen and oxygen atoms in total. The first-order valence-electron chi connectivity index (χ1n) is 11.7. The van der Waals surface area contributed by atoms with Gasteiger partial charge in [0.15, 0.2) is 10.3 Å². The molecule has 1 aromatic heterocycles. The Hall–Kier alpha value is -4.61. The van der Waals surface area contributed by atoms with E-state index in [9.17, 15) is 18.8 Å². The zero-order valence-electron chi connectivity index (χ0n) is 20.4. The van der Waals surface area contributed by atoms with E-state index in [0.717, 1.165) is 28.7 Å². The van der Waals surface area contributed by atoms with Crippen LogP contribution in [0.5, 0.6) is 0 Å². The molecule has 3 aromatic carbocycles. The SMILES string of the molecule is Cc1nc(NC(=O)c2ccc(F)cc2)sc1C(=O)N/N=C1/S/C(=C/c2ccccc2)C(=O)N1c1ccccc1. The van der Waals surface area contributed by atoms with Crippen LogP contribution in [0.1, 0.15) is 31.3 Å². The summed E-state index contributed by atoms with van der Waals surface area (Å²) in [6, 6.07) is 23.6. The second-order valence-corrected chi connectivity index (χ2v) is 10.2. The molecular formula is C28H20FN5O3S2. The van der Waals surface area contributed by atoms with Crippen LogP contribution in [0.2, 0.25) is 0 Å². The van der Waals surface area contributed by atoms with Gasteiger partial charge in [0.05, 0.1) is 16.3 Å². The fraction of sp³-hybridized carbons (Fsp3) is 0.0357. The summed E-state index contributed by atoms with van der Waals surface area (Å²) in [5, 5.41) is 7.39. The fourth-order valence-corrected chi connectivity index (χ4v) is 5.43. The van der Waals surface area contributed by atoms with Crippen LogP contribution in [0.15, 0.2) is 94.9 Å². The molecule has 1 aliphatic heterocycles. The Balaban J connectivity index is 1.35. The number of benzene rings is 3. The van der Waals surface area contributed by atoms with Crippen LogP contribution in [0.25, 0.3) is 6.08 Å². The molecule has 1 aliphatic rings. The van der Waals surface area contributed by atoms with E-state index in [2.05, 4.69) is 20.8 Å². The lowest BCUT2D eigenvalue weighted by Gasteiger charge is -2.15. The lowest BCUT2D eigenvalue weighted by atomic mass is 10.2. The number of aryl methyl sites for hydroxylation is 1. The van der Waals surface area contributed by atoms with Crippen molar-refractivity contribution in [1.82, 2.24) is 10.4 Å². The average Bonchev–Trinajstić information content (AvgIpc) is 3.47. The van der Waals surface area contributed by atoms with Gasteiger partial charge < -0.3 is 0 Å². The number of halogens is 1. The number of rotatable bonds is 6. The molecule has 5 rings (SSSR count). The molecule has 1 fully saturated rings. The van der Waals surface area contributed by atoms with E-state index in [-0.39, 0.29) is 26.6 Å². The Kier molecular flexibility index (Phi) is 7.62. The van der Waals surface area contributed by atoms with Gasteiger partial charge in [0.1, 0.15) is 10.7 Å². The van der Waals surface area contributed by atoms with Crippen molar-refractivity contribution in [3.63, 3.8) is 0 Å². The van der Waals surface area contributed by atoms with E-state index in [1.54, 1.807) is 25.1 Å². The van der Waals surface area contributed by atoms with E-state index in [1.807, 2.05) is 48.5 Å². The number of hydrogen-bond acceptors (Lipinski definition) is 7. The highest BCUT2D eigenvalue weighted by atomic mass is 32.2. The van der Waals surface area contributed by atoms with E-state index in [1.165, 1.54) is 29.2 Å². The smallest absolute Gasteiger partial charge is 0.283 e. The van der Waals surface area contributed by atoms with Crippen LogP contribution in [0.3, 0.4) is 0 Å². The van der Waals surface area contributed by atoms with Crippen LogP contribution in [0, 0.1) is 12.7 Å². The van der Waals surface area contributed by atoms with Gasteiger partial charge in [0.25, 0.3) is 17.7 Å². The number of amidine groups is 1. The number of aromatic nitrogens is 1. The normalized spacial score (nSPS) is 15.1. The van der Waals surface area contributed by atoms with Gasteiger partial charge in [-0.3, -0.25) is 24.6 Å².